The maximum atomic E-state index is 9.93. The van der Waals surface area contributed by atoms with E-state index in [4.69, 9.17) is 13.0 Å². The fourth-order valence-electron chi connectivity index (χ4n) is 0.663. The summed E-state index contributed by atoms with van der Waals surface area (Å²) in [5, 5.41) is 0.174. The number of aldehydes is 1. The Kier molecular flexibility index (Phi) is 3.26. The van der Waals surface area contributed by atoms with Crippen molar-refractivity contribution in [1.82, 2.24) is 9.97 Å². The van der Waals surface area contributed by atoms with Crippen LogP contribution in [0.1, 0.15) is 7.06 Å². The zero-order valence-corrected chi connectivity index (χ0v) is 7.40. The monoisotopic (exact) mass is 195 g/mol. The highest BCUT2D eigenvalue weighted by Crippen LogP contribution is 2.09. The summed E-state index contributed by atoms with van der Waals surface area (Å²) in [5.41, 5.74) is 0.471. The highest BCUT2D eigenvalue weighted by molar-refractivity contribution is 6.30. The molecule has 0 aromatic carbocycles. The molecule has 0 aliphatic carbocycles. The Morgan fingerprint density at radius 3 is 2.92 bits per heavy atom. The van der Waals surface area contributed by atoms with E-state index in [9.17, 15) is 4.79 Å². The minimum atomic E-state index is 0.0237. The quantitative estimate of drug-likeness (QED) is 0.420. The van der Waals surface area contributed by atoms with Crippen molar-refractivity contribution in [2.24, 2.45) is 0 Å². The van der Waals surface area contributed by atoms with Crippen molar-refractivity contribution in [2.45, 2.75) is 0 Å². The summed E-state index contributed by atoms with van der Waals surface area (Å²) in [6.07, 6.45) is 8.12. The molecule has 0 spiro atoms. The van der Waals surface area contributed by atoms with Crippen LogP contribution in [0.5, 0.6) is 0 Å². The van der Waals surface area contributed by atoms with Gasteiger partial charge in [-0.05, 0) is 12.2 Å². The lowest BCUT2D eigenvalue weighted by molar-refractivity contribution is -0.104. The van der Waals surface area contributed by atoms with Crippen LogP contribution < -0.4 is 0 Å². The summed E-state index contributed by atoms with van der Waals surface area (Å²) in [7, 11) is 0. The first-order valence-electron chi connectivity index (χ1n) is 4.01. The van der Waals surface area contributed by atoms with Gasteiger partial charge in [-0.15, -0.1) is 0 Å². The van der Waals surface area contributed by atoms with Gasteiger partial charge in [0, 0.05) is 12.4 Å². The van der Waals surface area contributed by atoms with Crippen molar-refractivity contribution in [3.8, 4) is 0 Å². The Balaban J connectivity index is 2.81. The number of rotatable bonds is 3. The second kappa shape index (κ2) is 5.22. The Hall–Kier alpha value is -1.48. The van der Waals surface area contributed by atoms with Crippen LogP contribution in [0.15, 0.2) is 30.6 Å². The molecule has 0 fully saturated rings. The zero-order valence-electron chi connectivity index (χ0n) is 7.64. The van der Waals surface area contributed by atoms with Gasteiger partial charge in [0.1, 0.15) is 12.0 Å². The van der Waals surface area contributed by atoms with E-state index in [-0.39, 0.29) is 11.3 Å². The summed E-state index contributed by atoms with van der Waals surface area (Å²) in [6.45, 7) is 0. The number of hydrogen-bond donors (Lipinski definition) is 0. The molecule has 1 heterocycles. The molecule has 0 aliphatic heterocycles. The average Bonchev–Trinajstić information content (AvgIpc) is 2.15. The third-order valence-electron chi connectivity index (χ3n) is 1.19. The van der Waals surface area contributed by atoms with Gasteiger partial charge >= 0.3 is 0 Å². The number of hydrogen-bond acceptors (Lipinski definition) is 3. The predicted octanol–water partition coefficient (Wildman–Crippen LogP) is 1.90. The van der Waals surface area contributed by atoms with Gasteiger partial charge in [-0.2, -0.15) is 0 Å². The molecular weight excluding hydrogens is 188 g/mol. The number of aromatic nitrogens is 2. The lowest BCUT2D eigenvalue weighted by Crippen LogP contribution is -1.83. The van der Waals surface area contributed by atoms with E-state index in [1.165, 1.54) is 12.3 Å². The van der Waals surface area contributed by atoms with Crippen LogP contribution >= 0.6 is 11.6 Å². The maximum absolute atomic E-state index is 9.93. The molecule has 0 unspecified atom stereocenters. The van der Waals surface area contributed by atoms with Crippen molar-refractivity contribution < 1.29 is 6.17 Å². The van der Waals surface area contributed by atoms with Crippen LogP contribution in [0, 0.1) is 0 Å². The molecule has 1 rings (SSSR count). The molecule has 0 atom stereocenters. The van der Waals surface area contributed by atoms with E-state index >= 15 is 0 Å². The molecular formula is C9H7ClN2O. The van der Waals surface area contributed by atoms with Crippen LogP contribution in [0.2, 0.25) is 5.15 Å². The van der Waals surface area contributed by atoms with E-state index in [2.05, 4.69) is 9.97 Å². The van der Waals surface area contributed by atoms with Gasteiger partial charge in [-0.3, -0.25) is 9.78 Å². The summed E-state index contributed by atoms with van der Waals surface area (Å²) in [6, 6.07) is 0. The topological polar surface area (TPSA) is 42.9 Å². The van der Waals surface area contributed by atoms with E-state index in [1.807, 2.05) is 0 Å². The van der Waals surface area contributed by atoms with Crippen molar-refractivity contribution >= 4 is 24.0 Å². The normalized spacial score (nSPS) is 12.2. The van der Waals surface area contributed by atoms with Crippen LogP contribution in [0.25, 0.3) is 6.08 Å². The van der Waals surface area contributed by atoms with Crippen molar-refractivity contribution in [3.63, 3.8) is 0 Å². The molecule has 3 nitrogen and oxygen atoms in total. The number of carbonyl (C=O) groups excluding carboxylic acids is 1. The largest absolute Gasteiger partial charge is 0.299 e. The van der Waals surface area contributed by atoms with Gasteiger partial charge in [0.25, 0.3) is 0 Å². The predicted molar refractivity (Wildman–Crippen MR) is 51.3 cm³/mol. The lowest BCUT2D eigenvalue weighted by Gasteiger charge is -1.92. The second-order valence-electron chi connectivity index (χ2n) is 2.06. The molecule has 0 N–H and O–H groups in total. The molecule has 1 aromatic heterocycles. The maximum Gasteiger partial charge on any atom is 0.154 e. The number of allylic oxidation sites excluding steroid dienone is 3. The molecule has 0 bridgehead atoms. The number of carbonyl (C=O) groups is 1. The molecule has 66 valence electrons. The fraction of sp³-hybridized carbons (Fsp3) is 0. The third kappa shape index (κ3) is 3.17. The van der Waals surface area contributed by atoms with Crippen molar-refractivity contribution in [3.05, 3.63) is 41.4 Å². The summed E-state index contributed by atoms with van der Waals surface area (Å²) in [5.74, 6) is 0. The zero-order chi connectivity index (χ0) is 10.4. The number of nitrogens with zero attached hydrogens (tertiary/aromatic N) is 2. The molecule has 0 radical (unpaired) electrons. The van der Waals surface area contributed by atoms with Crippen molar-refractivity contribution in [2.75, 3.05) is 0 Å². The van der Waals surface area contributed by atoms with Gasteiger partial charge in [0.2, 0.25) is 0 Å². The highest BCUT2D eigenvalue weighted by Gasteiger charge is 1.94. The van der Waals surface area contributed by atoms with Gasteiger partial charge < -0.3 is 0 Å². The molecule has 13 heavy (non-hydrogen) atoms. The van der Waals surface area contributed by atoms with Crippen LogP contribution in [-0.2, 0) is 4.79 Å². The average molecular weight is 196 g/mol. The summed E-state index contributed by atoms with van der Waals surface area (Å²) < 4.78 is 7.13. The first-order valence-corrected chi connectivity index (χ1v) is 3.89. The standard InChI is InChI=1S/C9H7ClN2O/c10-9-8(11-5-6-12-9)4-2-1-3-7-13/h1-7H/b3-1+,4-2+/i6D. The van der Waals surface area contributed by atoms with Crippen molar-refractivity contribution in [1.29, 1.82) is 0 Å². The van der Waals surface area contributed by atoms with Gasteiger partial charge in [-0.25, -0.2) is 4.98 Å². The van der Waals surface area contributed by atoms with E-state index in [0.29, 0.717) is 12.0 Å². The van der Waals surface area contributed by atoms with Gasteiger partial charge in [-0.1, -0.05) is 23.8 Å². The first kappa shape index (κ1) is 8.13. The Morgan fingerprint density at radius 1 is 1.38 bits per heavy atom. The van der Waals surface area contributed by atoms with E-state index in [0.717, 1.165) is 0 Å². The molecule has 0 amide bonds. The molecule has 0 saturated carbocycles. The summed E-state index contributed by atoms with van der Waals surface area (Å²) in [4.78, 5) is 17.5. The van der Waals surface area contributed by atoms with E-state index in [1.54, 1.807) is 18.2 Å². The minimum absolute atomic E-state index is 0.0237. The first-order chi connectivity index (χ1) is 6.74. The third-order valence-corrected chi connectivity index (χ3v) is 1.47. The Labute approximate surface area is 82.2 Å². The molecule has 4 heteroatoms. The highest BCUT2D eigenvalue weighted by atomic mass is 35.5. The van der Waals surface area contributed by atoms with Gasteiger partial charge in [0.15, 0.2) is 5.15 Å². The van der Waals surface area contributed by atoms with Crippen LogP contribution in [-0.4, -0.2) is 16.3 Å². The SMILES string of the molecule is [2H]c1cnc(/C=C/C=C/C=O)c(Cl)n1. The fourth-order valence-corrected chi connectivity index (χ4v) is 0.823. The second-order valence-corrected chi connectivity index (χ2v) is 2.41. The molecule has 1 aromatic rings. The van der Waals surface area contributed by atoms with Crippen LogP contribution in [0.4, 0.5) is 0 Å². The molecule has 0 saturated heterocycles. The van der Waals surface area contributed by atoms with Gasteiger partial charge in [0.05, 0.1) is 1.37 Å². The Morgan fingerprint density at radius 2 is 2.23 bits per heavy atom. The molecule has 0 aliphatic rings. The van der Waals surface area contributed by atoms with Crippen LogP contribution in [0.3, 0.4) is 0 Å². The summed E-state index contributed by atoms with van der Waals surface area (Å²) >= 11 is 5.70. The van der Waals surface area contributed by atoms with E-state index < -0.39 is 0 Å². The number of halogens is 1. The Bertz CT molecular complexity index is 390. The lowest BCUT2D eigenvalue weighted by atomic mass is 10.3. The smallest absolute Gasteiger partial charge is 0.154 e. The minimum Gasteiger partial charge on any atom is -0.299 e.